The van der Waals surface area contributed by atoms with Crippen LogP contribution in [0.25, 0.3) is 11.3 Å². The highest BCUT2D eigenvalue weighted by molar-refractivity contribution is 6.33. The molecule has 1 heterocycles. The lowest BCUT2D eigenvalue weighted by molar-refractivity contribution is 0.0633. The van der Waals surface area contributed by atoms with Crippen molar-refractivity contribution in [2.45, 2.75) is 26.4 Å². The van der Waals surface area contributed by atoms with Gasteiger partial charge >= 0.3 is 12.1 Å². The number of hydrogen-bond acceptors (Lipinski definition) is 5. The van der Waals surface area contributed by atoms with Crippen molar-refractivity contribution in [3.8, 4) is 11.3 Å². The maximum absolute atomic E-state index is 11.8. The Kier molecular flexibility index (Phi) is 4.60. The van der Waals surface area contributed by atoms with Crippen molar-refractivity contribution >= 4 is 29.4 Å². The molecule has 0 aliphatic rings. The van der Waals surface area contributed by atoms with Crippen LogP contribution in [0.3, 0.4) is 0 Å². The van der Waals surface area contributed by atoms with Crippen LogP contribution in [0.2, 0.25) is 5.02 Å². The van der Waals surface area contributed by atoms with Crippen LogP contribution < -0.4 is 5.32 Å². The molecule has 2 N–H and O–H groups in total. The van der Waals surface area contributed by atoms with Crippen LogP contribution in [-0.4, -0.2) is 27.9 Å². The number of nitrogens with zero attached hydrogens (tertiary/aromatic N) is 1. The summed E-state index contributed by atoms with van der Waals surface area (Å²) in [5, 5.41) is 15.1. The number of hydrogen-bond donors (Lipinski definition) is 2. The predicted molar refractivity (Wildman–Crippen MR) is 83.8 cm³/mol. The summed E-state index contributed by atoms with van der Waals surface area (Å²) in [6, 6.07) is 5.99. The Labute approximate surface area is 137 Å². The average Bonchev–Trinajstić information content (AvgIpc) is 2.89. The molecule has 23 heavy (non-hydrogen) atoms. The van der Waals surface area contributed by atoms with Crippen LogP contribution in [0, 0.1) is 0 Å². The molecule has 1 aromatic carbocycles. The zero-order valence-corrected chi connectivity index (χ0v) is 13.5. The molecule has 0 saturated heterocycles. The maximum atomic E-state index is 11.8. The van der Waals surface area contributed by atoms with E-state index in [4.69, 9.17) is 26.0 Å². The standard InChI is InChI=1S/C15H15ClN2O5/c1-15(2,3)22-14(21)17-10-6-8(4-5-9(10)16)12-7-11(13(19)20)18-23-12/h4-7H,1-3H3,(H,17,21)(H,19,20). The number of rotatable bonds is 3. The highest BCUT2D eigenvalue weighted by Crippen LogP contribution is 2.29. The van der Waals surface area contributed by atoms with E-state index in [0.717, 1.165) is 0 Å². The topological polar surface area (TPSA) is 102 Å². The van der Waals surface area contributed by atoms with Gasteiger partial charge in [0.15, 0.2) is 11.5 Å². The molecule has 1 aromatic heterocycles. The fourth-order valence-corrected chi connectivity index (χ4v) is 1.86. The molecule has 0 radical (unpaired) electrons. The van der Waals surface area contributed by atoms with E-state index < -0.39 is 17.7 Å². The number of carboxylic acids is 1. The van der Waals surface area contributed by atoms with E-state index in [-0.39, 0.29) is 11.5 Å². The normalized spacial score (nSPS) is 11.1. The van der Waals surface area contributed by atoms with Gasteiger partial charge in [-0.15, -0.1) is 0 Å². The monoisotopic (exact) mass is 338 g/mol. The smallest absolute Gasteiger partial charge is 0.412 e. The number of nitrogens with one attached hydrogen (secondary N) is 1. The Bertz CT molecular complexity index is 749. The number of halogens is 1. The Balaban J connectivity index is 2.24. The van der Waals surface area contributed by atoms with Crippen LogP contribution in [-0.2, 0) is 4.74 Å². The second kappa shape index (κ2) is 6.29. The van der Waals surface area contributed by atoms with E-state index >= 15 is 0 Å². The predicted octanol–water partition coefficient (Wildman–Crippen LogP) is 4.04. The molecule has 0 spiro atoms. The van der Waals surface area contributed by atoms with Crippen molar-refractivity contribution in [3.63, 3.8) is 0 Å². The first-order valence-corrected chi connectivity index (χ1v) is 7.03. The van der Waals surface area contributed by atoms with Gasteiger partial charge in [-0.3, -0.25) is 5.32 Å². The van der Waals surface area contributed by atoms with Gasteiger partial charge in [0.2, 0.25) is 0 Å². The SMILES string of the molecule is CC(C)(C)OC(=O)Nc1cc(-c2cc(C(=O)O)no2)ccc1Cl. The molecule has 0 aliphatic carbocycles. The fraction of sp³-hybridized carbons (Fsp3) is 0.267. The first-order valence-electron chi connectivity index (χ1n) is 6.65. The highest BCUT2D eigenvalue weighted by Gasteiger charge is 2.18. The second-order valence-electron chi connectivity index (χ2n) is 5.70. The first-order chi connectivity index (χ1) is 10.7. The summed E-state index contributed by atoms with van der Waals surface area (Å²) < 4.78 is 10.1. The lowest BCUT2D eigenvalue weighted by Crippen LogP contribution is -2.27. The van der Waals surface area contributed by atoms with Gasteiger partial charge < -0.3 is 14.4 Å². The Morgan fingerprint density at radius 1 is 1.30 bits per heavy atom. The van der Waals surface area contributed by atoms with E-state index in [1.807, 2.05) is 0 Å². The van der Waals surface area contributed by atoms with Crippen molar-refractivity contribution in [2.75, 3.05) is 5.32 Å². The summed E-state index contributed by atoms with van der Waals surface area (Å²) in [6.45, 7) is 5.23. The molecule has 2 rings (SSSR count). The summed E-state index contributed by atoms with van der Waals surface area (Å²) in [5.74, 6) is -0.952. The van der Waals surface area contributed by atoms with Crippen molar-refractivity contribution in [3.05, 3.63) is 35.0 Å². The van der Waals surface area contributed by atoms with Crippen molar-refractivity contribution in [2.24, 2.45) is 0 Å². The van der Waals surface area contributed by atoms with Crippen LogP contribution in [0.5, 0.6) is 0 Å². The summed E-state index contributed by atoms with van der Waals surface area (Å²) >= 11 is 6.04. The van der Waals surface area contributed by atoms with E-state index in [9.17, 15) is 9.59 Å². The lowest BCUT2D eigenvalue weighted by atomic mass is 10.1. The molecule has 7 nitrogen and oxygen atoms in total. The third-order valence-electron chi connectivity index (χ3n) is 2.62. The minimum Gasteiger partial charge on any atom is -0.476 e. The van der Waals surface area contributed by atoms with E-state index in [1.54, 1.807) is 39.0 Å². The van der Waals surface area contributed by atoms with Gasteiger partial charge in [-0.05, 0) is 39.0 Å². The van der Waals surface area contributed by atoms with Crippen LogP contribution in [0.15, 0.2) is 28.8 Å². The third kappa shape index (κ3) is 4.46. The minimum atomic E-state index is -1.19. The minimum absolute atomic E-state index is 0.211. The van der Waals surface area contributed by atoms with Gasteiger partial charge in [-0.1, -0.05) is 16.8 Å². The number of benzene rings is 1. The number of aromatic carboxylic acids is 1. The number of carbonyl (C=O) groups excluding carboxylic acids is 1. The molecule has 8 heteroatoms. The second-order valence-corrected chi connectivity index (χ2v) is 6.11. The van der Waals surface area contributed by atoms with Crippen LogP contribution >= 0.6 is 11.6 Å². The molecule has 0 saturated carbocycles. The third-order valence-corrected chi connectivity index (χ3v) is 2.95. The highest BCUT2D eigenvalue weighted by atomic mass is 35.5. The van der Waals surface area contributed by atoms with Gasteiger partial charge in [0, 0.05) is 11.6 Å². The van der Waals surface area contributed by atoms with Gasteiger partial charge in [-0.25, -0.2) is 9.59 Å². The van der Waals surface area contributed by atoms with Crippen molar-refractivity contribution < 1.29 is 24.0 Å². The van der Waals surface area contributed by atoms with Crippen molar-refractivity contribution in [1.82, 2.24) is 5.16 Å². The van der Waals surface area contributed by atoms with Gasteiger partial charge in [0.1, 0.15) is 5.60 Å². The Morgan fingerprint density at radius 2 is 2.00 bits per heavy atom. The lowest BCUT2D eigenvalue weighted by Gasteiger charge is -2.20. The van der Waals surface area contributed by atoms with Gasteiger partial charge in [0.05, 0.1) is 10.7 Å². The quantitative estimate of drug-likeness (QED) is 0.875. The van der Waals surface area contributed by atoms with E-state index in [0.29, 0.717) is 16.3 Å². The zero-order chi connectivity index (χ0) is 17.2. The largest absolute Gasteiger partial charge is 0.476 e. The number of ether oxygens (including phenoxy) is 1. The molecule has 0 fully saturated rings. The Hall–Kier alpha value is -2.54. The number of anilines is 1. The maximum Gasteiger partial charge on any atom is 0.412 e. The molecular weight excluding hydrogens is 324 g/mol. The number of amides is 1. The van der Waals surface area contributed by atoms with Crippen molar-refractivity contribution in [1.29, 1.82) is 0 Å². The summed E-state index contributed by atoms with van der Waals surface area (Å²) in [7, 11) is 0. The fourth-order valence-electron chi connectivity index (χ4n) is 1.70. The van der Waals surface area contributed by atoms with Crippen LogP contribution in [0.1, 0.15) is 31.3 Å². The number of aromatic nitrogens is 1. The van der Waals surface area contributed by atoms with E-state index in [1.165, 1.54) is 6.07 Å². The molecule has 122 valence electrons. The Morgan fingerprint density at radius 3 is 2.57 bits per heavy atom. The van der Waals surface area contributed by atoms with Gasteiger partial charge in [-0.2, -0.15) is 0 Å². The van der Waals surface area contributed by atoms with Gasteiger partial charge in [0.25, 0.3) is 0 Å². The zero-order valence-electron chi connectivity index (χ0n) is 12.7. The molecule has 0 unspecified atom stereocenters. The summed E-state index contributed by atoms with van der Waals surface area (Å²) in [6.07, 6.45) is -0.652. The number of carbonyl (C=O) groups is 2. The van der Waals surface area contributed by atoms with Crippen LogP contribution in [0.4, 0.5) is 10.5 Å². The number of carboxylic acid groups (broad SMARTS) is 1. The molecule has 2 aromatic rings. The molecule has 1 amide bonds. The van der Waals surface area contributed by atoms with E-state index in [2.05, 4.69) is 10.5 Å². The first kappa shape index (κ1) is 16.8. The summed E-state index contributed by atoms with van der Waals surface area (Å²) in [4.78, 5) is 22.6. The molecule has 0 atom stereocenters. The summed E-state index contributed by atoms with van der Waals surface area (Å²) in [5.41, 5.74) is -0.0288. The average molecular weight is 339 g/mol. The molecular formula is C15H15ClN2O5. The molecule has 0 bridgehead atoms. The molecule has 0 aliphatic heterocycles.